The largest absolute Gasteiger partial charge is 0.489 e. The molecule has 1 saturated carbocycles. The SMILES string of the molecule is C[C@](O)(CCC(=O)c1cc(OC2CC2)c2ncccc2c1)c1cc2c(c(-c3ccc(F)cc3)n1)OC[C@]2(C)C(=O)NCCCN. The number of benzene rings is 2. The zero-order valence-electron chi connectivity index (χ0n) is 25.4. The molecule has 1 aliphatic carbocycles. The van der Waals surface area contributed by atoms with Crippen LogP contribution >= 0.6 is 0 Å². The molecule has 0 spiro atoms. The highest BCUT2D eigenvalue weighted by Crippen LogP contribution is 2.46. The average Bonchev–Trinajstić information content (AvgIpc) is 3.79. The quantitative estimate of drug-likeness (QED) is 0.151. The summed E-state index contributed by atoms with van der Waals surface area (Å²) in [6.07, 6.45) is 4.50. The molecule has 0 saturated heterocycles. The summed E-state index contributed by atoms with van der Waals surface area (Å²) in [5.41, 5.74) is 5.97. The molecule has 0 radical (unpaired) electrons. The summed E-state index contributed by atoms with van der Waals surface area (Å²) in [7, 11) is 0. The summed E-state index contributed by atoms with van der Waals surface area (Å²) in [4.78, 5) is 36.1. The third-order valence-electron chi connectivity index (χ3n) is 8.56. The van der Waals surface area contributed by atoms with Gasteiger partial charge in [0.05, 0.1) is 11.8 Å². The molecule has 0 bridgehead atoms. The highest BCUT2D eigenvalue weighted by molar-refractivity contribution is 6.01. The number of carbonyl (C=O) groups excluding carboxylic acids is 2. The van der Waals surface area contributed by atoms with E-state index in [0.29, 0.717) is 58.9 Å². The lowest BCUT2D eigenvalue weighted by Gasteiger charge is -2.26. The van der Waals surface area contributed by atoms with Gasteiger partial charge in [-0.25, -0.2) is 9.37 Å². The molecule has 2 aliphatic rings. The van der Waals surface area contributed by atoms with Crippen molar-refractivity contribution in [1.29, 1.82) is 0 Å². The van der Waals surface area contributed by atoms with Crippen molar-refractivity contribution in [3.63, 3.8) is 0 Å². The van der Waals surface area contributed by atoms with Crippen LogP contribution in [0.4, 0.5) is 4.39 Å². The summed E-state index contributed by atoms with van der Waals surface area (Å²) in [5.74, 6) is 0.189. The molecule has 2 aromatic carbocycles. The smallest absolute Gasteiger partial charge is 0.234 e. The Morgan fingerprint density at radius 2 is 1.98 bits per heavy atom. The van der Waals surface area contributed by atoms with E-state index in [2.05, 4.69) is 10.3 Å². The lowest BCUT2D eigenvalue weighted by molar-refractivity contribution is -0.126. The van der Waals surface area contributed by atoms with E-state index in [-0.39, 0.29) is 42.9 Å². The minimum absolute atomic E-state index is 0.0274. The van der Waals surface area contributed by atoms with E-state index in [1.807, 2.05) is 12.1 Å². The third-order valence-corrected chi connectivity index (χ3v) is 8.56. The third kappa shape index (κ3) is 6.25. The van der Waals surface area contributed by atoms with Crippen LogP contribution in [0.5, 0.6) is 11.5 Å². The molecular weight excluding hydrogens is 575 g/mol. The van der Waals surface area contributed by atoms with Crippen molar-refractivity contribution in [1.82, 2.24) is 15.3 Å². The minimum Gasteiger partial charge on any atom is -0.489 e. The van der Waals surface area contributed by atoms with E-state index in [9.17, 15) is 19.1 Å². The number of amides is 1. The normalized spacial score (nSPS) is 18.6. The second kappa shape index (κ2) is 12.2. The first-order valence-electron chi connectivity index (χ1n) is 15.3. The van der Waals surface area contributed by atoms with Crippen LogP contribution in [-0.4, -0.2) is 52.6 Å². The number of ketones is 1. The molecule has 1 amide bonds. The van der Waals surface area contributed by atoms with Crippen molar-refractivity contribution in [2.24, 2.45) is 5.73 Å². The highest BCUT2D eigenvalue weighted by atomic mass is 19.1. The van der Waals surface area contributed by atoms with Crippen molar-refractivity contribution in [3.8, 4) is 22.8 Å². The fourth-order valence-electron chi connectivity index (χ4n) is 5.55. The van der Waals surface area contributed by atoms with E-state index < -0.39 is 16.8 Å². The first-order valence-corrected chi connectivity index (χ1v) is 15.3. The molecular formula is C35H37FN4O5. The molecule has 2 atom stereocenters. The van der Waals surface area contributed by atoms with Crippen LogP contribution in [0.15, 0.2) is 60.8 Å². The number of fused-ring (bicyclic) bond motifs is 2. The number of hydrogen-bond donors (Lipinski definition) is 3. The standard InChI is InChI=1S/C35H37FN4O5/c1-34(33(42)39-16-4-14-37)20-44-32-26(34)19-29(40-31(32)21-6-8-24(36)9-7-21)35(2,43)13-12-27(41)23-17-22-5-3-15-38-30(22)28(18-23)45-25-10-11-25/h3,5-9,15,17-19,25,43H,4,10-14,16,20,37H2,1-2H3,(H,39,42)/t34-,35-/m0/s1. The average molecular weight is 613 g/mol. The van der Waals surface area contributed by atoms with Crippen LogP contribution in [0, 0.1) is 5.82 Å². The monoisotopic (exact) mass is 612 g/mol. The van der Waals surface area contributed by atoms with E-state index in [1.165, 1.54) is 12.1 Å². The van der Waals surface area contributed by atoms with Crippen molar-refractivity contribution < 1.29 is 28.6 Å². The number of carbonyl (C=O) groups is 2. The van der Waals surface area contributed by atoms with Crippen molar-refractivity contribution in [3.05, 3.63) is 83.4 Å². The Morgan fingerprint density at radius 1 is 1.20 bits per heavy atom. The second-order valence-corrected chi connectivity index (χ2v) is 12.3. The number of pyridine rings is 2. The van der Waals surface area contributed by atoms with Crippen molar-refractivity contribution in [2.45, 2.75) is 63.1 Å². The van der Waals surface area contributed by atoms with Gasteiger partial charge in [0.1, 0.15) is 46.1 Å². The Labute approximate surface area is 261 Å². The number of nitrogens with one attached hydrogen (secondary N) is 1. The molecule has 234 valence electrons. The number of nitrogens with two attached hydrogens (primary N) is 1. The first-order chi connectivity index (χ1) is 21.6. The van der Waals surface area contributed by atoms with Crippen LogP contribution < -0.4 is 20.5 Å². The molecule has 9 nitrogen and oxygen atoms in total. The maximum absolute atomic E-state index is 13.8. The molecule has 4 aromatic rings. The first kappa shape index (κ1) is 30.6. The number of halogens is 1. The molecule has 1 aliphatic heterocycles. The molecule has 2 aromatic heterocycles. The van der Waals surface area contributed by atoms with E-state index in [0.717, 1.165) is 18.2 Å². The summed E-state index contributed by atoms with van der Waals surface area (Å²) < 4.78 is 26.0. The summed E-state index contributed by atoms with van der Waals surface area (Å²) in [6.45, 7) is 4.31. The number of ether oxygens (including phenoxy) is 2. The molecule has 6 rings (SSSR count). The van der Waals surface area contributed by atoms with Crippen LogP contribution in [0.3, 0.4) is 0 Å². The zero-order valence-corrected chi connectivity index (χ0v) is 25.4. The van der Waals surface area contributed by atoms with Crippen molar-refractivity contribution in [2.75, 3.05) is 19.7 Å². The fourth-order valence-corrected chi connectivity index (χ4v) is 5.55. The highest BCUT2D eigenvalue weighted by Gasteiger charge is 2.46. The second-order valence-electron chi connectivity index (χ2n) is 12.3. The van der Waals surface area contributed by atoms with Gasteiger partial charge in [-0.3, -0.25) is 14.6 Å². The Morgan fingerprint density at radius 3 is 2.71 bits per heavy atom. The maximum atomic E-state index is 13.8. The van der Waals surface area contributed by atoms with Crippen LogP contribution in [-0.2, 0) is 15.8 Å². The zero-order chi connectivity index (χ0) is 31.8. The fraction of sp³-hybridized carbons (Fsp3) is 0.371. The molecule has 45 heavy (non-hydrogen) atoms. The van der Waals surface area contributed by atoms with Gasteiger partial charge in [-0.15, -0.1) is 0 Å². The van der Waals surface area contributed by atoms with Gasteiger partial charge in [-0.1, -0.05) is 6.07 Å². The predicted molar refractivity (Wildman–Crippen MR) is 168 cm³/mol. The topological polar surface area (TPSA) is 137 Å². The summed E-state index contributed by atoms with van der Waals surface area (Å²) in [6, 6.07) is 14.7. The molecule has 3 heterocycles. The van der Waals surface area contributed by atoms with Gasteiger partial charge in [0.15, 0.2) is 5.78 Å². The Hall–Kier alpha value is -4.41. The molecule has 4 N–H and O–H groups in total. The van der Waals surface area contributed by atoms with Gasteiger partial charge >= 0.3 is 0 Å². The number of hydrogen-bond acceptors (Lipinski definition) is 8. The summed E-state index contributed by atoms with van der Waals surface area (Å²) >= 11 is 0. The number of aliphatic hydroxyl groups is 1. The lowest BCUT2D eigenvalue weighted by Crippen LogP contribution is -2.44. The maximum Gasteiger partial charge on any atom is 0.234 e. The van der Waals surface area contributed by atoms with E-state index >= 15 is 0 Å². The lowest BCUT2D eigenvalue weighted by atomic mass is 9.81. The van der Waals surface area contributed by atoms with Gasteiger partial charge in [0.25, 0.3) is 0 Å². The Bertz CT molecular complexity index is 1760. The van der Waals surface area contributed by atoms with Gasteiger partial charge < -0.3 is 25.6 Å². The van der Waals surface area contributed by atoms with Crippen LogP contribution in [0.1, 0.15) is 67.6 Å². The number of rotatable bonds is 12. The molecule has 1 fully saturated rings. The number of Topliss-reactive ketones (excluding diaryl/α,β-unsaturated/α-hetero) is 1. The predicted octanol–water partition coefficient (Wildman–Crippen LogP) is 4.96. The molecule has 10 heteroatoms. The van der Waals surface area contributed by atoms with Crippen LogP contribution in [0.25, 0.3) is 22.2 Å². The number of aromatic nitrogens is 2. The van der Waals surface area contributed by atoms with Gasteiger partial charge in [-0.2, -0.15) is 0 Å². The number of nitrogens with zero attached hydrogens (tertiary/aromatic N) is 2. The van der Waals surface area contributed by atoms with E-state index in [4.69, 9.17) is 20.2 Å². The Kier molecular flexibility index (Phi) is 8.28. The van der Waals surface area contributed by atoms with E-state index in [1.54, 1.807) is 50.4 Å². The van der Waals surface area contributed by atoms with Gasteiger partial charge in [0.2, 0.25) is 5.91 Å². The van der Waals surface area contributed by atoms with Crippen molar-refractivity contribution >= 4 is 22.6 Å². The Balaban J connectivity index is 1.31. The van der Waals surface area contributed by atoms with Gasteiger partial charge in [0, 0.05) is 41.2 Å². The summed E-state index contributed by atoms with van der Waals surface area (Å²) in [5, 5.41) is 15.5. The minimum atomic E-state index is -1.55. The van der Waals surface area contributed by atoms with Crippen LogP contribution in [0.2, 0.25) is 0 Å². The molecule has 0 unspecified atom stereocenters. The van der Waals surface area contributed by atoms with Gasteiger partial charge in [-0.05, 0) is 94.6 Å².